The van der Waals surface area contributed by atoms with Crippen LogP contribution in [0.1, 0.15) is 33.1 Å². The van der Waals surface area contributed by atoms with E-state index in [1.807, 2.05) is 23.9 Å². The normalized spacial score (nSPS) is 30.2. The molecule has 1 nitrogen and oxygen atoms in total. The summed E-state index contributed by atoms with van der Waals surface area (Å²) in [7, 11) is 0. The van der Waals surface area contributed by atoms with Gasteiger partial charge in [0.15, 0.2) is 0 Å². The Balaban J connectivity index is 1.95. The zero-order valence-electron chi connectivity index (χ0n) is 10.0. The zero-order valence-corrected chi connectivity index (χ0v) is 10.8. The van der Waals surface area contributed by atoms with Crippen LogP contribution in [-0.4, -0.2) is 10.4 Å². The van der Waals surface area contributed by atoms with E-state index in [-0.39, 0.29) is 0 Å². The molecule has 2 heteroatoms. The molecule has 1 aliphatic rings. The fraction of sp³-hybridized carbons (Fsp3) is 0.571. The van der Waals surface area contributed by atoms with Crippen LogP contribution in [0.2, 0.25) is 0 Å². The van der Waals surface area contributed by atoms with Crippen molar-refractivity contribution >= 4 is 11.8 Å². The molecule has 0 aliphatic heterocycles. The van der Waals surface area contributed by atoms with E-state index in [0.29, 0.717) is 5.75 Å². The van der Waals surface area contributed by atoms with Crippen LogP contribution < -0.4 is 0 Å². The third-order valence-corrected chi connectivity index (χ3v) is 4.96. The highest BCUT2D eigenvalue weighted by Crippen LogP contribution is 2.39. The van der Waals surface area contributed by atoms with E-state index in [9.17, 15) is 5.11 Å². The lowest BCUT2D eigenvalue weighted by Crippen LogP contribution is -2.22. The Morgan fingerprint density at radius 3 is 2.69 bits per heavy atom. The Hall–Kier alpha value is -0.630. The minimum absolute atomic E-state index is 0.377. The van der Waals surface area contributed by atoms with Gasteiger partial charge in [-0.15, -0.1) is 11.8 Å². The van der Waals surface area contributed by atoms with Gasteiger partial charge in [0.1, 0.15) is 5.75 Å². The first kappa shape index (κ1) is 11.8. The fourth-order valence-corrected chi connectivity index (χ4v) is 3.74. The van der Waals surface area contributed by atoms with Crippen LogP contribution >= 0.6 is 11.8 Å². The Morgan fingerprint density at radius 2 is 2.00 bits per heavy atom. The molecule has 1 saturated carbocycles. The quantitative estimate of drug-likeness (QED) is 0.825. The molecule has 1 fully saturated rings. The van der Waals surface area contributed by atoms with Crippen molar-refractivity contribution in [1.82, 2.24) is 0 Å². The number of thioether (sulfide) groups is 1. The molecule has 0 aromatic heterocycles. The predicted octanol–water partition coefficient (Wildman–Crippen LogP) is 4.31. The van der Waals surface area contributed by atoms with E-state index >= 15 is 0 Å². The smallest absolute Gasteiger partial charge is 0.116 e. The molecule has 0 spiro atoms. The van der Waals surface area contributed by atoms with Crippen molar-refractivity contribution < 1.29 is 5.11 Å². The molecule has 0 saturated heterocycles. The topological polar surface area (TPSA) is 20.2 Å². The van der Waals surface area contributed by atoms with Crippen molar-refractivity contribution in [2.45, 2.75) is 43.3 Å². The maximum Gasteiger partial charge on any atom is 0.116 e. The van der Waals surface area contributed by atoms with Gasteiger partial charge in [-0.2, -0.15) is 0 Å². The number of rotatable bonds is 2. The molecule has 0 amide bonds. The van der Waals surface area contributed by atoms with E-state index in [1.54, 1.807) is 6.07 Å². The molecule has 1 aliphatic carbocycles. The van der Waals surface area contributed by atoms with Crippen LogP contribution in [0.3, 0.4) is 0 Å². The SMILES string of the molecule is CC1CCC(Sc2cccc(O)c2)CC1C. The zero-order chi connectivity index (χ0) is 11.5. The first-order chi connectivity index (χ1) is 7.65. The number of phenols is 1. The van der Waals surface area contributed by atoms with Gasteiger partial charge in [-0.1, -0.05) is 19.9 Å². The Labute approximate surface area is 102 Å². The molecule has 0 heterocycles. The van der Waals surface area contributed by atoms with Gasteiger partial charge < -0.3 is 5.11 Å². The maximum absolute atomic E-state index is 9.42. The summed E-state index contributed by atoms with van der Waals surface area (Å²) < 4.78 is 0. The lowest BCUT2D eigenvalue weighted by atomic mass is 9.81. The van der Waals surface area contributed by atoms with Gasteiger partial charge in [-0.3, -0.25) is 0 Å². The summed E-state index contributed by atoms with van der Waals surface area (Å²) in [6, 6.07) is 7.61. The van der Waals surface area contributed by atoms with Crippen LogP contribution in [0, 0.1) is 11.8 Å². The molecule has 3 atom stereocenters. The number of phenolic OH excluding ortho intramolecular Hbond substituents is 1. The molecule has 0 bridgehead atoms. The first-order valence-electron chi connectivity index (χ1n) is 6.11. The van der Waals surface area contributed by atoms with Gasteiger partial charge in [-0.25, -0.2) is 0 Å². The van der Waals surface area contributed by atoms with Crippen LogP contribution in [0.4, 0.5) is 0 Å². The average molecular weight is 236 g/mol. The third-order valence-electron chi connectivity index (χ3n) is 3.67. The lowest BCUT2D eigenvalue weighted by molar-refractivity contribution is 0.283. The van der Waals surface area contributed by atoms with Crippen molar-refractivity contribution in [3.8, 4) is 5.75 Å². The minimum atomic E-state index is 0.377. The molecule has 2 rings (SSSR count). The largest absolute Gasteiger partial charge is 0.508 e. The lowest BCUT2D eigenvalue weighted by Gasteiger charge is -2.31. The van der Waals surface area contributed by atoms with Crippen molar-refractivity contribution in [2.75, 3.05) is 0 Å². The summed E-state index contributed by atoms with van der Waals surface area (Å²) >= 11 is 1.92. The summed E-state index contributed by atoms with van der Waals surface area (Å²) in [5, 5.41) is 10.2. The van der Waals surface area contributed by atoms with Gasteiger partial charge >= 0.3 is 0 Å². The molecule has 16 heavy (non-hydrogen) atoms. The first-order valence-corrected chi connectivity index (χ1v) is 6.99. The summed E-state index contributed by atoms with van der Waals surface area (Å²) in [6.45, 7) is 4.72. The molecule has 88 valence electrons. The van der Waals surface area contributed by atoms with Gasteiger partial charge in [0.25, 0.3) is 0 Å². The standard InChI is InChI=1S/C14H20OS/c1-10-6-7-14(8-11(10)2)16-13-5-3-4-12(15)9-13/h3-5,9-11,14-15H,6-8H2,1-2H3. The summed E-state index contributed by atoms with van der Waals surface area (Å²) in [5.41, 5.74) is 0. The minimum Gasteiger partial charge on any atom is -0.508 e. The van der Waals surface area contributed by atoms with Gasteiger partial charge in [0.2, 0.25) is 0 Å². The second-order valence-corrected chi connectivity index (χ2v) is 6.38. The van der Waals surface area contributed by atoms with Crippen LogP contribution in [0.25, 0.3) is 0 Å². The van der Waals surface area contributed by atoms with Crippen molar-refractivity contribution in [3.63, 3.8) is 0 Å². The molecule has 0 radical (unpaired) electrons. The predicted molar refractivity (Wildman–Crippen MR) is 69.9 cm³/mol. The Bertz CT molecular complexity index is 350. The summed E-state index contributed by atoms with van der Waals surface area (Å²) in [5.74, 6) is 2.09. The monoisotopic (exact) mass is 236 g/mol. The second kappa shape index (κ2) is 5.13. The van der Waals surface area contributed by atoms with Gasteiger partial charge in [0.05, 0.1) is 0 Å². The maximum atomic E-state index is 9.42. The van der Waals surface area contributed by atoms with Crippen LogP contribution in [0.5, 0.6) is 5.75 Å². The number of hydrogen-bond donors (Lipinski definition) is 1. The van der Waals surface area contributed by atoms with Crippen molar-refractivity contribution in [3.05, 3.63) is 24.3 Å². The molecular formula is C14H20OS. The second-order valence-electron chi connectivity index (χ2n) is 5.00. The highest BCUT2D eigenvalue weighted by atomic mass is 32.2. The number of hydrogen-bond acceptors (Lipinski definition) is 2. The third kappa shape index (κ3) is 2.94. The summed E-state index contributed by atoms with van der Waals surface area (Å²) in [4.78, 5) is 1.20. The summed E-state index contributed by atoms with van der Waals surface area (Å²) in [6.07, 6.45) is 3.96. The highest BCUT2D eigenvalue weighted by molar-refractivity contribution is 8.00. The van der Waals surface area contributed by atoms with Crippen molar-refractivity contribution in [2.24, 2.45) is 11.8 Å². The molecule has 1 N–H and O–H groups in total. The fourth-order valence-electron chi connectivity index (χ4n) is 2.35. The van der Waals surface area contributed by atoms with E-state index in [4.69, 9.17) is 0 Å². The molecule has 1 aromatic rings. The highest BCUT2D eigenvalue weighted by Gasteiger charge is 2.24. The Kier molecular flexibility index (Phi) is 3.80. The van der Waals surface area contributed by atoms with Crippen molar-refractivity contribution in [1.29, 1.82) is 0 Å². The number of benzene rings is 1. The van der Waals surface area contributed by atoms with E-state index in [1.165, 1.54) is 24.2 Å². The average Bonchev–Trinajstić information content (AvgIpc) is 2.24. The number of aromatic hydroxyl groups is 1. The van der Waals surface area contributed by atoms with Gasteiger partial charge in [-0.05, 0) is 49.3 Å². The Morgan fingerprint density at radius 1 is 1.19 bits per heavy atom. The van der Waals surface area contributed by atoms with E-state index in [2.05, 4.69) is 19.9 Å². The molecule has 1 aromatic carbocycles. The van der Waals surface area contributed by atoms with Gasteiger partial charge in [0, 0.05) is 10.1 Å². The van der Waals surface area contributed by atoms with E-state index < -0.39 is 0 Å². The molecule has 3 unspecified atom stereocenters. The van der Waals surface area contributed by atoms with Crippen LogP contribution in [0.15, 0.2) is 29.2 Å². The molecular weight excluding hydrogens is 216 g/mol. The van der Waals surface area contributed by atoms with Crippen LogP contribution in [-0.2, 0) is 0 Å². The van der Waals surface area contributed by atoms with E-state index in [0.717, 1.165) is 17.1 Å².